The van der Waals surface area contributed by atoms with Crippen molar-refractivity contribution in [2.75, 3.05) is 6.54 Å². The van der Waals surface area contributed by atoms with Crippen LogP contribution in [-0.4, -0.2) is 26.7 Å². The second-order valence-corrected chi connectivity index (χ2v) is 3.72. The lowest BCUT2D eigenvalue weighted by Gasteiger charge is -2.04. The lowest BCUT2D eigenvalue weighted by Crippen LogP contribution is -2.11. The van der Waals surface area contributed by atoms with Gasteiger partial charge in [0.25, 0.3) is 0 Å². The highest BCUT2D eigenvalue weighted by Gasteiger charge is 2.12. The van der Waals surface area contributed by atoms with Gasteiger partial charge in [0, 0.05) is 12.0 Å². The molecule has 6 nitrogen and oxygen atoms in total. The monoisotopic (exact) mass is 221 g/mol. The fourth-order valence-corrected chi connectivity index (χ4v) is 1.63. The van der Waals surface area contributed by atoms with Crippen molar-refractivity contribution >= 4 is 0 Å². The quantitative estimate of drug-likeness (QED) is 0.809. The summed E-state index contributed by atoms with van der Waals surface area (Å²) in [7, 11) is 0. The molecule has 0 saturated heterocycles. The Balaban J connectivity index is 2.23. The zero-order valence-electron chi connectivity index (χ0n) is 9.47. The molecule has 2 N–H and O–H groups in total. The Kier molecular flexibility index (Phi) is 3.00. The van der Waals surface area contributed by atoms with Gasteiger partial charge in [-0.2, -0.15) is 0 Å². The maximum atomic E-state index is 5.52. The highest BCUT2D eigenvalue weighted by molar-refractivity contribution is 5.21. The van der Waals surface area contributed by atoms with Crippen LogP contribution in [0.4, 0.5) is 0 Å². The van der Waals surface area contributed by atoms with E-state index in [2.05, 4.69) is 15.5 Å². The number of hydrogen-bond acceptors (Lipinski definition) is 5. The summed E-state index contributed by atoms with van der Waals surface area (Å²) in [4.78, 5) is 0. The molecule has 6 heteroatoms. The summed E-state index contributed by atoms with van der Waals surface area (Å²) < 4.78 is 6.94. The number of aryl methyl sites for hydroxylation is 2. The summed E-state index contributed by atoms with van der Waals surface area (Å²) in [6.07, 6.45) is 2.52. The normalized spacial score (nSPS) is 10.9. The topological polar surface area (TPSA) is 82.8 Å². The van der Waals surface area contributed by atoms with Gasteiger partial charge >= 0.3 is 0 Å². The van der Waals surface area contributed by atoms with Crippen molar-refractivity contribution in [1.29, 1.82) is 0 Å². The highest BCUT2D eigenvalue weighted by atomic mass is 16.5. The molecule has 2 heterocycles. The Hall–Kier alpha value is -1.69. The van der Waals surface area contributed by atoms with Gasteiger partial charge in [0.05, 0.1) is 24.1 Å². The van der Waals surface area contributed by atoms with Crippen LogP contribution in [-0.2, 0) is 13.0 Å². The SMILES string of the molecule is Cc1noc(C)c1Cn1nncc1CCN. The summed E-state index contributed by atoms with van der Waals surface area (Å²) in [5.74, 6) is 0.826. The third kappa shape index (κ3) is 1.96. The minimum Gasteiger partial charge on any atom is -0.361 e. The smallest absolute Gasteiger partial charge is 0.138 e. The van der Waals surface area contributed by atoms with E-state index in [1.807, 2.05) is 18.5 Å². The molecule has 0 aliphatic heterocycles. The van der Waals surface area contributed by atoms with Gasteiger partial charge in [0.1, 0.15) is 5.76 Å². The third-order valence-corrected chi connectivity index (χ3v) is 2.59. The van der Waals surface area contributed by atoms with Crippen LogP contribution in [0, 0.1) is 13.8 Å². The Bertz CT molecular complexity index is 454. The standard InChI is InChI=1S/C10H15N5O/c1-7-10(8(2)16-13-7)6-15-9(3-4-11)5-12-14-15/h5H,3-4,6,11H2,1-2H3. The average molecular weight is 221 g/mol. The fraction of sp³-hybridized carbons (Fsp3) is 0.500. The van der Waals surface area contributed by atoms with Crippen molar-refractivity contribution in [3.05, 3.63) is 28.9 Å². The van der Waals surface area contributed by atoms with Crippen LogP contribution in [0.5, 0.6) is 0 Å². The predicted molar refractivity (Wildman–Crippen MR) is 57.9 cm³/mol. The van der Waals surface area contributed by atoms with Gasteiger partial charge < -0.3 is 10.3 Å². The Labute approximate surface area is 93.4 Å². The lowest BCUT2D eigenvalue weighted by molar-refractivity contribution is 0.391. The van der Waals surface area contributed by atoms with E-state index in [-0.39, 0.29) is 0 Å². The number of rotatable bonds is 4. The van der Waals surface area contributed by atoms with Crippen LogP contribution >= 0.6 is 0 Å². The fourth-order valence-electron chi connectivity index (χ4n) is 1.63. The van der Waals surface area contributed by atoms with Gasteiger partial charge in [-0.15, -0.1) is 5.10 Å². The average Bonchev–Trinajstić information content (AvgIpc) is 2.81. The second-order valence-electron chi connectivity index (χ2n) is 3.72. The molecule has 0 radical (unpaired) electrons. The van der Waals surface area contributed by atoms with Crippen LogP contribution in [0.1, 0.15) is 22.7 Å². The molecule has 0 unspecified atom stereocenters. The Morgan fingerprint density at radius 2 is 2.25 bits per heavy atom. The molecule has 2 aromatic rings. The van der Waals surface area contributed by atoms with Gasteiger partial charge in [-0.1, -0.05) is 10.4 Å². The minimum absolute atomic E-state index is 0.592. The zero-order valence-corrected chi connectivity index (χ0v) is 9.47. The van der Waals surface area contributed by atoms with Crippen molar-refractivity contribution < 1.29 is 4.52 Å². The van der Waals surface area contributed by atoms with Crippen molar-refractivity contribution in [2.24, 2.45) is 5.73 Å². The van der Waals surface area contributed by atoms with E-state index in [1.54, 1.807) is 6.20 Å². The van der Waals surface area contributed by atoms with Crippen molar-refractivity contribution in [1.82, 2.24) is 20.2 Å². The van der Waals surface area contributed by atoms with E-state index in [1.165, 1.54) is 0 Å². The van der Waals surface area contributed by atoms with E-state index >= 15 is 0 Å². The molecule has 0 atom stereocenters. The van der Waals surface area contributed by atoms with Crippen molar-refractivity contribution in [3.8, 4) is 0 Å². The van der Waals surface area contributed by atoms with Crippen LogP contribution in [0.15, 0.2) is 10.7 Å². The molecule has 0 bridgehead atoms. The van der Waals surface area contributed by atoms with Crippen molar-refractivity contribution in [2.45, 2.75) is 26.8 Å². The molecule has 0 aliphatic rings. The van der Waals surface area contributed by atoms with Gasteiger partial charge in [0.2, 0.25) is 0 Å². The van der Waals surface area contributed by atoms with Crippen LogP contribution in [0.2, 0.25) is 0 Å². The number of hydrogen-bond donors (Lipinski definition) is 1. The summed E-state index contributed by atoms with van der Waals surface area (Å²) in [5, 5.41) is 11.8. The summed E-state index contributed by atoms with van der Waals surface area (Å²) in [5.41, 5.74) is 8.51. The first-order valence-corrected chi connectivity index (χ1v) is 5.21. The van der Waals surface area contributed by atoms with Gasteiger partial charge in [-0.25, -0.2) is 4.68 Å². The Morgan fingerprint density at radius 3 is 2.88 bits per heavy atom. The van der Waals surface area contributed by atoms with E-state index in [9.17, 15) is 0 Å². The van der Waals surface area contributed by atoms with E-state index in [0.717, 1.165) is 29.1 Å². The predicted octanol–water partition coefficient (Wildman–Crippen LogP) is 0.432. The maximum Gasteiger partial charge on any atom is 0.138 e. The van der Waals surface area contributed by atoms with Gasteiger partial charge in [-0.3, -0.25) is 0 Å². The zero-order chi connectivity index (χ0) is 11.5. The molecule has 0 aromatic carbocycles. The second kappa shape index (κ2) is 4.44. The van der Waals surface area contributed by atoms with Gasteiger partial charge in [0.15, 0.2) is 0 Å². The molecule has 0 amide bonds. The molecule has 0 saturated carbocycles. The third-order valence-electron chi connectivity index (χ3n) is 2.59. The first-order chi connectivity index (χ1) is 7.72. The van der Waals surface area contributed by atoms with Crippen LogP contribution in [0.25, 0.3) is 0 Å². The molecule has 0 spiro atoms. The molecule has 0 fully saturated rings. The first-order valence-electron chi connectivity index (χ1n) is 5.21. The molecular weight excluding hydrogens is 206 g/mol. The molecule has 86 valence electrons. The molecule has 2 aromatic heterocycles. The van der Waals surface area contributed by atoms with Crippen LogP contribution < -0.4 is 5.73 Å². The van der Waals surface area contributed by atoms with E-state index in [4.69, 9.17) is 10.3 Å². The Morgan fingerprint density at radius 1 is 1.44 bits per heavy atom. The van der Waals surface area contributed by atoms with Gasteiger partial charge in [-0.05, 0) is 20.4 Å². The minimum atomic E-state index is 0.592. The number of nitrogens with zero attached hydrogens (tertiary/aromatic N) is 4. The largest absolute Gasteiger partial charge is 0.361 e. The van der Waals surface area contributed by atoms with E-state index < -0.39 is 0 Å². The molecular formula is C10H15N5O. The summed E-state index contributed by atoms with van der Waals surface area (Å²) in [6, 6.07) is 0. The summed E-state index contributed by atoms with van der Waals surface area (Å²) >= 11 is 0. The van der Waals surface area contributed by atoms with E-state index in [0.29, 0.717) is 13.1 Å². The molecule has 2 rings (SSSR count). The maximum absolute atomic E-state index is 5.52. The number of aromatic nitrogens is 4. The summed E-state index contributed by atoms with van der Waals surface area (Å²) in [6.45, 7) is 5.05. The van der Waals surface area contributed by atoms with Crippen LogP contribution in [0.3, 0.4) is 0 Å². The highest BCUT2D eigenvalue weighted by Crippen LogP contribution is 2.14. The number of nitrogens with two attached hydrogens (primary N) is 1. The lowest BCUT2D eigenvalue weighted by atomic mass is 10.2. The molecule has 0 aliphatic carbocycles. The first kappa shape index (κ1) is 10.8. The van der Waals surface area contributed by atoms with Crippen molar-refractivity contribution in [3.63, 3.8) is 0 Å². The molecule has 16 heavy (non-hydrogen) atoms.